The normalized spacial score (nSPS) is 24.0. The third-order valence-corrected chi connectivity index (χ3v) is 17.8. The highest BCUT2D eigenvalue weighted by atomic mass is 31.2. The second-order valence-corrected chi connectivity index (χ2v) is 20.2. The van der Waals surface area contributed by atoms with Gasteiger partial charge in [-0.2, -0.15) is 0 Å². The summed E-state index contributed by atoms with van der Waals surface area (Å²) in [5.41, 5.74) is 9.89. The molecule has 0 aromatic heterocycles. The summed E-state index contributed by atoms with van der Waals surface area (Å²) in [6.45, 7) is 8.35. The largest absolute Gasteiger partial charge is 0.305 e. The first-order valence-corrected chi connectivity index (χ1v) is 19.9. The van der Waals surface area contributed by atoms with Crippen LogP contribution in [0.4, 0.5) is 0 Å². The lowest BCUT2D eigenvalue weighted by Crippen LogP contribution is -2.15. The molecule has 5 atom stereocenters. The molecule has 0 spiro atoms. The van der Waals surface area contributed by atoms with Crippen LogP contribution in [0.5, 0.6) is 0 Å². The lowest BCUT2D eigenvalue weighted by atomic mass is 10.0. The topological polar surface area (TPSA) is 40.6 Å². The van der Waals surface area contributed by atoms with E-state index >= 15 is 0 Å². The summed E-state index contributed by atoms with van der Waals surface area (Å²) < 4.78 is 32.0. The highest BCUT2D eigenvalue weighted by Crippen LogP contribution is 2.77. The summed E-state index contributed by atoms with van der Waals surface area (Å²) in [7, 11) is 2.73. The summed E-state index contributed by atoms with van der Waals surface area (Å²) in [4.78, 5) is 0. The van der Waals surface area contributed by atoms with E-state index in [9.17, 15) is 9.13 Å². The zero-order chi connectivity index (χ0) is 33.2. The number of nitrogens with zero attached hydrogens (tertiary/aromatic N) is 2. The maximum Gasteiger partial charge on any atom is 0.171 e. The van der Waals surface area contributed by atoms with Crippen molar-refractivity contribution in [2.45, 2.75) is 78.0 Å². The predicted octanol–water partition coefficient (Wildman–Crippen LogP) is 12.5. The smallest absolute Gasteiger partial charge is 0.171 e. The fraction of sp³-hybridized carbons (Fsp3) is 0.381. The lowest BCUT2D eigenvalue weighted by Gasteiger charge is -2.32. The van der Waals surface area contributed by atoms with E-state index in [0.29, 0.717) is 0 Å². The van der Waals surface area contributed by atoms with Crippen LogP contribution in [0, 0.1) is 27.7 Å². The van der Waals surface area contributed by atoms with Gasteiger partial charge in [0.1, 0.15) is 0 Å². The van der Waals surface area contributed by atoms with Gasteiger partial charge < -0.3 is 9.13 Å². The maximum absolute atomic E-state index is 14.1. The van der Waals surface area contributed by atoms with Gasteiger partial charge in [0.15, 0.2) is 14.6 Å². The minimum Gasteiger partial charge on any atom is -0.305 e. The quantitative estimate of drug-likeness (QED) is 0.150. The van der Waals surface area contributed by atoms with Gasteiger partial charge in [0.25, 0.3) is 0 Å². The lowest BCUT2D eigenvalue weighted by molar-refractivity contribution is 0.502. The van der Waals surface area contributed by atoms with E-state index in [4.69, 9.17) is 0 Å². The summed E-state index contributed by atoms with van der Waals surface area (Å²) in [5.74, 6) is 0. The third kappa shape index (κ3) is 7.74. The molecular weight excluding hydrogens is 626 g/mol. The van der Waals surface area contributed by atoms with Gasteiger partial charge >= 0.3 is 0 Å². The summed E-state index contributed by atoms with van der Waals surface area (Å²) >= 11 is 0. The summed E-state index contributed by atoms with van der Waals surface area (Å²) in [5, 5.41) is 0. The SMILES string of the molecule is C.C.Cc1ccc([C@H]2C=C[C@@H](c3ccc(C)cc3)P2(=O)N(C)C)cc1.Cc1ccc([C@H]2CC[C@H](c3ccc(C)cc3)P2(=O)N(C)C)cc1. The molecule has 0 N–H and O–H groups in total. The highest BCUT2D eigenvalue weighted by molar-refractivity contribution is 7.63. The summed E-state index contributed by atoms with van der Waals surface area (Å²) in [6, 6.07) is 34.0. The van der Waals surface area contributed by atoms with Crippen LogP contribution in [-0.4, -0.2) is 37.5 Å². The van der Waals surface area contributed by atoms with Crippen molar-refractivity contribution in [2.75, 3.05) is 28.2 Å². The summed E-state index contributed by atoms with van der Waals surface area (Å²) in [6.07, 6.45) is 6.26. The number of hydrogen-bond donors (Lipinski definition) is 0. The molecule has 0 radical (unpaired) electrons. The number of benzene rings is 4. The van der Waals surface area contributed by atoms with Crippen LogP contribution in [-0.2, 0) is 9.13 Å². The Kier molecular flexibility index (Phi) is 13.3. The molecule has 4 nitrogen and oxygen atoms in total. The van der Waals surface area contributed by atoms with Crippen LogP contribution in [0.3, 0.4) is 0 Å². The van der Waals surface area contributed by atoms with E-state index < -0.39 is 14.6 Å². The van der Waals surface area contributed by atoms with Gasteiger partial charge in [0.05, 0.1) is 22.6 Å². The highest BCUT2D eigenvalue weighted by Gasteiger charge is 2.49. The number of aryl methyl sites for hydroxylation is 4. The molecule has 48 heavy (non-hydrogen) atoms. The second-order valence-electron chi connectivity index (χ2n) is 13.6. The van der Waals surface area contributed by atoms with Crippen LogP contribution in [0.1, 0.15) is 94.8 Å². The Morgan fingerprint density at radius 2 is 0.688 bits per heavy atom. The van der Waals surface area contributed by atoms with Gasteiger partial charge in [-0.1, -0.05) is 146 Å². The van der Waals surface area contributed by atoms with Crippen molar-refractivity contribution < 1.29 is 9.13 Å². The molecule has 0 saturated carbocycles. The van der Waals surface area contributed by atoms with Crippen molar-refractivity contribution in [3.63, 3.8) is 0 Å². The van der Waals surface area contributed by atoms with Gasteiger partial charge in [-0.3, -0.25) is 9.34 Å². The molecule has 2 aliphatic heterocycles. The zero-order valence-electron chi connectivity index (χ0n) is 28.7. The molecule has 2 aliphatic rings. The molecule has 1 fully saturated rings. The Hall–Kier alpha value is -3.00. The Labute approximate surface area is 292 Å². The first kappa shape index (κ1) is 39.4. The van der Waals surface area contributed by atoms with Crippen LogP contribution in [0.2, 0.25) is 0 Å². The first-order chi connectivity index (χ1) is 21.8. The third-order valence-electron chi connectivity index (χ3n) is 9.89. The monoisotopic (exact) mass is 684 g/mol. The molecule has 6 heteroatoms. The molecule has 4 aromatic rings. The Morgan fingerprint density at radius 1 is 0.438 bits per heavy atom. The van der Waals surface area contributed by atoms with E-state index in [-0.39, 0.29) is 37.5 Å². The van der Waals surface area contributed by atoms with Gasteiger partial charge in [0, 0.05) is 0 Å². The Morgan fingerprint density at radius 3 is 0.938 bits per heavy atom. The number of allylic oxidation sites excluding steroid dienone is 2. The maximum atomic E-state index is 14.1. The molecule has 0 aliphatic carbocycles. The minimum absolute atomic E-state index is 0. The fourth-order valence-electron chi connectivity index (χ4n) is 7.10. The average molecular weight is 685 g/mol. The molecule has 258 valence electrons. The van der Waals surface area contributed by atoms with Crippen LogP contribution < -0.4 is 0 Å². The Bertz CT molecular complexity index is 1610. The Balaban J connectivity index is 0.000000250. The van der Waals surface area contributed by atoms with Crippen molar-refractivity contribution in [3.05, 3.63) is 154 Å². The number of rotatable bonds is 6. The van der Waals surface area contributed by atoms with Crippen molar-refractivity contribution in [2.24, 2.45) is 0 Å². The molecule has 0 amide bonds. The van der Waals surface area contributed by atoms with E-state index in [1.807, 2.05) is 37.5 Å². The standard InChI is InChI=1S/C20H26NOP.C20H24NOP.2CH4/c2*1-15-5-9-17(10-6-15)19-13-14-20(23(19,22)21(3)4)18-11-7-16(2)8-12-18;;/h5-12,19-20H,13-14H2,1-4H3;5-14,19-20H,1-4H3;2*1H4/t19-,20-;19-,20+,23?;;/m1.../s1. The predicted molar refractivity (Wildman–Crippen MR) is 210 cm³/mol. The molecule has 1 saturated heterocycles. The molecular formula is C42H58N2O2P2. The van der Waals surface area contributed by atoms with E-state index in [1.54, 1.807) is 0 Å². The molecule has 1 unspecified atom stereocenters. The van der Waals surface area contributed by atoms with Gasteiger partial charge in [-0.25, -0.2) is 0 Å². The van der Waals surface area contributed by atoms with Crippen molar-refractivity contribution in [1.82, 2.24) is 9.34 Å². The zero-order valence-corrected chi connectivity index (χ0v) is 30.5. The van der Waals surface area contributed by atoms with Crippen molar-refractivity contribution in [3.8, 4) is 0 Å². The molecule has 6 rings (SSSR count). The second kappa shape index (κ2) is 16.1. The van der Waals surface area contributed by atoms with Crippen molar-refractivity contribution >= 4 is 14.6 Å². The van der Waals surface area contributed by atoms with Crippen molar-refractivity contribution in [1.29, 1.82) is 0 Å². The van der Waals surface area contributed by atoms with Crippen LogP contribution in [0.25, 0.3) is 0 Å². The average Bonchev–Trinajstić information content (AvgIpc) is 3.58. The van der Waals surface area contributed by atoms with Gasteiger partial charge in [-0.05, 0) is 91.0 Å². The molecule has 2 heterocycles. The first-order valence-electron chi connectivity index (χ1n) is 16.3. The van der Waals surface area contributed by atoms with Gasteiger partial charge in [-0.15, -0.1) is 0 Å². The van der Waals surface area contributed by atoms with Gasteiger partial charge in [0.2, 0.25) is 0 Å². The van der Waals surface area contributed by atoms with E-state index in [2.05, 4.69) is 137 Å². The van der Waals surface area contributed by atoms with Crippen LogP contribution in [0.15, 0.2) is 109 Å². The van der Waals surface area contributed by atoms with Crippen LogP contribution >= 0.6 is 14.6 Å². The van der Waals surface area contributed by atoms with E-state index in [0.717, 1.165) is 24.0 Å². The minimum atomic E-state index is -2.61. The molecule has 0 bridgehead atoms. The molecule has 4 aromatic carbocycles. The fourth-order valence-corrected chi connectivity index (χ4v) is 14.1. The van der Waals surface area contributed by atoms with E-state index in [1.165, 1.54) is 33.4 Å². The number of hydrogen-bond acceptors (Lipinski definition) is 2.